The van der Waals surface area contributed by atoms with Gasteiger partial charge in [-0.25, -0.2) is 17.7 Å². The highest BCUT2D eigenvalue weighted by Crippen LogP contribution is 2.24. The molecule has 6 heteroatoms. The molecule has 0 aromatic carbocycles. The summed E-state index contributed by atoms with van der Waals surface area (Å²) in [6, 6.07) is 4.41. The Hall–Kier alpha value is -1.14. The molecule has 0 radical (unpaired) electrons. The quantitative estimate of drug-likeness (QED) is 0.929. The number of piperidine rings is 1. The molecule has 1 aromatic rings. The third-order valence-electron chi connectivity index (χ3n) is 3.90. The minimum Gasteiger partial charge on any atom is -0.367 e. The molecule has 5 nitrogen and oxygen atoms in total. The zero-order valence-corrected chi connectivity index (χ0v) is 14.1. The summed E-state index contributed by atoms with van der Waals surface area (Å²) in [4.78, 5) is 4.37. The van der Waals surface area contributed by atoms with E-state index in [-0.39, 0.29) is 11.5 Å². The Labute approximate surface area is 127 Å². The Bertz CT molecular complexity index is 585. The van der Waals surface area contributed by atoms with E-state index in [2.05, 4.69) is 37.1 Å². The molecule has 2 heterocycles. The molecule has 0 atom stereocenters. The van der Waals surface area contributed by atoms with E-state index < -0.39 is 10.0 Å². The monoisotopic (exact) mass is 311 g/mol. The van der Waals surface area contributed by atoms with E-state index in [0.29, 0.717) is 13.1 Å². The van der Waals surface area contributed by atoms with Crippen LogP contribution >= 0.6 is 0 Å². The van der Waals surface area contributed by atoms with Crippen molar-refractivity contribution in [1.82, 2.24) is 9.29 Å². The Balaban J connectivity index is 1.98. The predicted octanol–water partition coefficient (Wildman–Crippen LogP) is 2.21. The SMILES string of the molecule is CC(C)(C)c1ccnc(NC2CCN(S(C)(=O)=O)CC2)c1. The van der Waals surface area contributed by atoms with E-state index in [4.69, 9.17) is 0 Å². The van der Waals surface area contributed by atoms with Crippen LogP contribution in [0.4, 0.5) is 5.82 Å². The lowest BCUT2D eigenvalue weighted by Gasteiger charge is -2.31. The number of nitrogens with zero attached hydrogens (tertiary/aromatic N) is 2. The first-order valence-corrected chi connectivity index (χ1v) is 9.19. The standard InChI is InChI=1S/C15H25N3O2S/c1-15(2,3)12-5-8-16-14(11-12)17-13-6-9-18(10-7-13)21(4,19)20/h5,8,11,13H,6-7,9-10H2,1-4H3,(H,16,17). The molecule has 0 amide bonds. The van der Waals surface area contributed by atoms with Gasteiger partial charge >= 0.3 is 0 Å². The number of aromatic nitrogens is 1. The second-order valence-electron chi connectivity index (χ2n) is 6.76. The van der Waals surface area contributed by atoms with Crippen molar-refractivity contribution in [3.63, 3.8) is 0 Å². The van der Waals surface area contributed by atoms with Crippen LogP contribution in [-0.2, 0) is 15.4 Å². The highest BCUT2D eigenvalue weighted by atomic mass is 32.2. The van der Waals surface area contributed by atoms with Crippen molar-refractivity contribution in [2.45, 2.75) is 45.1 Å². The number of sulfonamides is 1. The second-order valence-corrected chi connectivity index (χ2v) is 8.74. The normalized spacial score (nSPS) is 18.7. The predicted molar refractivity (Wildman–Crippen MR) is 86.0 cm³/mol. The average Bonchev–Trinajstić information content (AvgIpc) is 2.37. The summed E-state index contributed by atoms with van der Waals surface area (Å²) in [6.07, 6.45) is 4.73. The minimum absolute atomic E-state index is 0.0963. The van der Waals surface area contributed by atoms with Crippen molar-refractivity contribution >= 4 is 15.8 Å². The van der Waals surface area contributed by atoms with Gasteiger partial charge in [0.2, 0.25) is 10.0 Å². The first-order valence-electron chi connectivity index (χ1n) is 7.34. The van der Waals surface area contributed by atoms with Gasteiger partial charge < -0.3 is 5.32 Å². The van der Waals surface area contributed by atoms with Crippen LogP contribution < -0.4 is 5.32 Å². The molecule has 1 aliphatic rings. The van der Waals surface area contributed by atoms with Crippen molar-refractivity contribution in [2.24, 2.45) is 0 Å². The Kier molecular flexibility index (Phi) is 4.58. The van der Waals surface area contributed by atoms with Crippen LogP contribution in [0.1, 0.15) is 39.2 Å². The average molecular weight is 311 g/mol. The van der Waals surface area contributed by atoms with Crippen molar-refractivity contribution in [3.05, 3.63) is 23.9 Å². The van der Waals surface area contributed by atoms with Gasteiger partial charge in [-0.15, -0.1) is 0 Å². The maximum Gasteiger partial charge on any atom is 0.211 e. The number of rotatable bonds is 3. The number of hydrogen-bond donors (Lipinski definition) is 1. The molecule has 1 aromatic heterocycles. The molecule has 0 saturated carbocycles. The summed E-state index contributed by atoms with van der Waals surface area (Å²) in [6.45, 7) is 7.69. The molecule has 0 aliphatic carbocycles. The third kappa shape index (κ3) is 4.41. The molecule has 1 aliphatic heterocycles. The molecule has 0 spiro atoms. The van der Waals surface area contributed by atoms with Gasteiger partial charge in [-0.1, -0.05) is 20.8 Å². The van der Waals surface area contributed by atoms with Crippen molar-refractivity contribution < 1.29 is 8.42 Å². The van der Waals surface area contributed by atoms with Gasteiger partial charge in [0.1, 0.15) is 5.82 Å². The van der Waals surface area contributed by atoms with Gasteiger partial charge in [0.15, 0.2) is 0 Å². The van der Waals surface area contributed by atoms with E-state index in [1.54, 1.807) is 4.31 Å². The molecule has 0 bridgehead atoms. The molecule has 2 rings (SSSR count). The van der Waals surface area contributed by atoms with Crippen LogP contribution in [0.25, 0.3) is 0 Å². The van der Waals surface area contributed by atoms with Gasteiger partial charge in [0.05, 0.1) is 6.26 Å². The van der Waals surface area contributed by atoms with Crippen LogP contribution in [0.5, 0.6) is 0 Å². The fourth-order valence-corrected chi connectivity index (χ4v) is 3.39. The lowest BCUT2D eigenvalue weighted by atomic mass is 9.88. The largest absolute Gasteiger partial charge is 0.367 e. The first kappa shape index (κ1) is 16.2. The molecule has 118 valence electrons. The van der Waals surface area contributed by atoms with E-state index in [9.17, 15) is 8.42 Å². The number of pyridine rings is 1. The van der Waals surface area contributed by atoms with Crippen LogP contribution in [0.15, 0.2) is 18.3 Å². The Morgan fingerprint density at radius 3 is 2.43 bits per heavy atom. The zero-order valence-electron chi connectivity index (χ0n) is 13.3. The molecular formula is C15H25N3O2S. The Morgan fingerprint density at radius 1 is 1.29 bits per heavy atom. The first-order chi connectivity index (χ1) is 9.66. The molecule has 1 N–H and O–H groups in total. The second kappa shape index (κ2) is 5.93. The lowest BCUT2D eigenvalue weighted by Crippen LogP contribution is -2.41. The lowest BCUT2D eigenvalue weighted by molar-refractivity contribution is 0.331. The number of anilines is 1. The van der Waals surface area contributed by atoms with Gasteiger partial charge in [-0.2, -0.15) is 0 Å². The smallest absolute Gasteiger partial charge is 0.211 e. The van der Waals surface area contributed by atoms with Crippen molar-refractivity contribution in [1.29, 1.82) is 0 Å². The van der Waals surface area contributed by atoms with E-state index in [1.807, 2.05) is 12.3 Å². The Morgan fingerprint density at radius 2 is 1.90 bits per heavy atom. The van der Waals surface area contributed by atoms with Crippen LogP contribution in [0.2, 0.25) is 0 Å². The maximum absolute atomic E-state index is 11.5. The van der Waals surface area contributed by atoms with Crippen molar-refractivity contribution in [3.8, 4) is 0 Å². The summed E-state index contributed by atoms with van der Waals surface area (Å²) in [5.74, 6) is 0.875. The van der Waals surface area contributed by atoms with Crippen molar-refractivity contribution in [2.75, 3.05) is 24.7 Å². The van der Waals surface area contributed by atoms with Crippen LogP contribution in [0, 0.1) is 0 Å². The molecular weight excluding hydrogens is 286 g/mol. The highest BCUT2D eigenvalue weighted by Gasteiger charge is 2.25. The van der Waals surface area contributed by atoms with Crippen LogP contribution in [0.3, 0.4) is 0 Å². The fraction of sp³-hybridized carbons (Fsp3) is 0.667. The van der Waals surface area contributed by atoms with E-state index in [0.717, 1.165) is 18.7 Å². The van der Waals surface area contributed by atoms with Gasteiger partial charge in [-0.05, 0) is 36.0 Å². The summed E-state index contributed by atoms with van der Waals surface area (Å²) in [5, 5.41) is 3.43. The highest BCUT2D eigenvalue weighted by molar-refractivity contribution is 7.88. The summed E-state index contributed by atoms with van der Waals surface area (Å²) in [5.41, 5.74) is 1.34. The molecule has 21 heavy (non-hydrogen) atoms. The summed E-state index contributed by atoms with van der Waals surface area (Å²) < 4.78 is 24.5. The molecule has 1 fully saturated rings. The van der Waals surface area contributed by atoms with Gasteiger partial charge in [0.25, 0.3) is 0 Å². The van der Waals surface area contributed by atoms with E-state index in [1.165, 1.54) is 11.8 Å². The van der Waals surface area contributed by atoms with E-state index >= 15 is 0 Å². The third-order valence-corrected chi connectivity index (χ3v) is 5.20. The number of nitrogens with one attached hydrogen (secondary N) is 1. The minimum atomic E-state index is -3.06. The topological polar surface area (TPSA) is 62.3 Å². The summed E-state index contributed by atoms with van der Waals surface area (Å²) in [7, 11) is -3.06. The zero-order chi connectivity index (χ0) is 15.7. The fourth-order valence-electron chi connectivity index (χ4n) is 2.52. The van der Waals surface area contributed by atoms with Gasteiger partial charge in [-0.3, -0.25) is 0 Å². The maximum atomic E-state index is 11.5. The summed E-state index contributed by atoms with van der Waals surface area (Å²) >= 11 is 0. The molecule has 0 unspecified atom stereocenters. The van der Waals surface area contributed by atoms with Gasteiger partial charge in [0, 0.05) is 25.3 Å². The van der Waals surface area contributed by atoms with Crippen LogP contribution in [-0.4, -0.2) is 43.1 Å². The molecule has 1 saturated heterocycles. The number of hydrogen-bond acceptors (Lipinski definition) is 4.